The Balaban J connectivity index is 0.00000306. The fourth-order valence-electron chi connectivity index (χ4n) is 4.17. The van der Waals surface area contributed by atoms with Crippen LogP contribution in [0.1, 0.15) is 31.7 Å². The van der Waals surface area contributed by atoms with Gasteiger partial charge in [0.15, 0.2) is 0 Å². The first-order valence-corrected chi connectivity index (χ1v) is 11.0. The van der Waals surface area contributed by atoms with Crippen molar-refractivity contribution in [3.05, 3.63) is 48.7 Å². The summed E-state index contributed by atoms with van der Waals surface area (Å²) in [4.78, 5) is 15.6. The van der Waals surface area contributed by atoms with Crippen molar-refractivity contribution in [2.75, 3.05) is 34.4 Å². The van der Waals surface area contributed by atoms with Crippen LogP contribution in [0, 0.1) is 5.82 Å². The molecule has 0 unspecified atom stereocenters. The minimum absolute atomic E-state index is 0. The zero-order chi connectivity index (χ0) is 22.5. The Morgan fingerprint density at radius 1 is 1.06 bits per heavy atom. The molecule has 3 aromatic rings. The van der Waals surface area contributed by atoms with Gasteiger partial charge in [-0.15, -0.1) is 12.4 Å². The fourth-order valence-corrected chi connectivity index (χ4v) is 4.17. The summed E-state index contributed by atoms with van der Waals surface area (Å²) in [5, 5.41) is 0. The van der Waals surface area contributed by atoms with Crippen molar-refractivity contribution in [2.24, 2.45) is 0 Å². The van der Waals surface area contributed by atoms with E-state index in [0.717, 1.165) is 61.5 Å². The van der Waals surface area contributed by atoms with Gasteiger partial charge in [0.2, 0.25) is 0 Å². The van der Waals surface area contributed by atoms with Gasteiger partial charge in [-0.1, -0.05) is 0 Å². The molecule has 0 saturated heterocycles. The maximum absolute atomic E-state index is 13.5. The predicted molar refractivity (Wildman–Crippen MR) is 128 cm³/mol. The second kappa shape index (κ2) is 11.5. The van der Waals surface area contributed by atoms with Gasteiger partial charge in [-0.25, -0.2) is 14.4 Å². The van der Waals surface area contributed by atoms with Crippen LogP contribution in [0.5, 0.6) is 6.01 Å². The molecule has 0 N–H and O–H groups in total. The third-order valence-corrected chi connectivity index (χ3v) is 5.90. The number of aromatic nitrogens is 4. The number of likely N-dealkylation sites (N-methyl/N-ethyl adjacent to an activating group) is 1. The van der Waals surface area contributed by atoms with Crippen molar-refractivity contribution >= 4 is 12.4 Å². The van der Waals surface area contributed by atoms with Crippen LogP contribution >= 0.6 is 12.4 Å². The predicted octanol–water partition coefficient (Wildman–Crippen LogP) is 4.64. The number of rotatable bonds is 8. The van der Waals surface area contributed by atoms with Crippen molar-refractivity contribution in [3.8, 4) is 28.7 Å². The second-order valence-electron chi connectivity index (χ2n) is 8.39. The average molecular weight is 476 g/mol. The molecule has 1 saturated carbocycles. The Labute approximate surface area is 200 Å². The minimum Gasteiger partial charge on any atom is -0.467 e. The Hall–Kier alpha value is -2.55. The van der Waals surface area contributed by atoms with Crippen LogP contribution in [0.15, 0.2) is 42.9 Å². The topological polar surface area (TPSA) is 65.3 Å². The standard InChI is InChI=1S/C24H30FN5O2.ClH/c1-29(2)14-15-32-20-10-8-19(9-11-20)30-16-27-22(17-4-6-18(25)7-5-17)23(30)21-12-13-26-24(28-21)31-3;/h4-7,12-13,16,19-20H,8-11,14-15H2,1-3H3;1H/t19-,20-;. The molecule has 178 valence electrons. The highest BCUT2D eigenvalue weighted by Crippen LogP contribution is 2.37. The molecule has 9 heteroatoms. The lowest BCUT2D eigenvalue weighted by molar-refractivity contribution is 0.0133. The Morgan fingerprint density at radius 3 is 2.45 bits per heavy atom. The number of ether oxygens (including phenoxy) is 2. The number of imidazole rings is 1. The van der Waals surface area contributed by atoms with Gasteiger partial charge in [-0.05, 0) is 70.1 Å². The summed E-state index contributed by atoms with van der Waals surface area (Å²) in [6.07, 6.45) is 7.88. The maximum atomic E-state index is 13.5. The van der Waals surface area contributed by atoms with Crippen LogP contribution in [0.25, 0.3) is 22.6 Å². The lowest BCUT2D eigenvalue weighted by Gasteiger charge is -2.30. The average Bonchev–Trinajstić information content (AvgIpc) is 3.25. The smallest absolute Gasteiger partial charge is 0.316 e. The summed E-state index contributed by atoms with van der Waals surface area (Å²) in [6.45, 7) is 1.69. The lowest BCUT2D eigenvalue weighted by Crippen LogP contribution is -2.27. The number of nitrogens with zero attached hydrogens (tertiary/aromatic N) is 5. The quantitative estimate of drug-likeness (QED) is 0.473. The van der Waals surface area contributed by atoms with Gasteiger partial charge in [0.25, 0.3) is 0 Å². The molecule has 2 heterocycles. The monoisotopic (exact) mass is 475 g/mol. The minimum atomic E-state index is -0.272. The van der Waals surface area contributed by atoms with E-state index in [1.54, 1.807) is 25.4 Å². The van der Waals surface area contributed by atoms with Gasteiger partial charge in [0.1, 0.15) is 5.82 Å². The molecule has 0 amide bonds. The molecular formula is C24H31ClFN5O2. The molecular weight excluding hydrogens is 445 g/mol. The normalized spacial score (nSPS) is 18.2. The van der Waals surface area contributed by atoms with Crippen molar-refractivity contribution < 1.29 is 13.9 Å². The molecule has 1 aromatic carbocycles. The van der Waals surface area contributed by atoms with E-state index in [1.165, 1.54) is 12.1 Å². The van der Waals surface area contributed by atoms with Crippen molar-refractivity contribution in [1.29, 1.82) is 0 Å². The SMILES string of the molecule is COc1nccc(-c2c(-c3ccc(F)cc3)ncn2[C@H]2CC[C@H](OCCN(C)C)CC2)n1.Cl. The number of halogens is 2. The summed E-state index contributed by atoms with van der Waals surface area (Å²) >= 11 is 0. The third kappa shape index (κ3) is 6.07. The van der Waals surface area contributed by atoms with E-state index in [-0.39, 0.29) is 18.2 Å². The zero-order valence-electron chi connectivity index (χ0n) is 19.3. The van der Waals surface area contributed by atoms with Gasteiger partial charge < -0.3 is 18.9 Å². The summed E-state index contributed by atoms with van der Waals surface area (Å²) in [6, 6.07) is 8.86. The molecule has 2 aromatic heterocycles. The van der Waals surface area contributed by atoms with E-state index in [1.807, 2.05) is 12.4 Å². The van der Waals surface area contributed by atoms with Crippen LogP contribution in [0.3, 0.4) is 0 Å². The Bertz CT molecular complexity index is 1020. The molecule has 1 aliphatic rings. The van der Waals surface area contributed by atoms with Gasteiger partial charge in [0.05, 0.1) is 43.2 Å². The maximum Gasteiger partial charge on any atom is 0.316 e. The number of hydrogen-bond donors (Lipinski definition) is 0. The molecule has 4 rings (SSSR count). The van der Waals surface area contributed by atoms with E-state index in [4.69, 9.17) is 14.5 Å². The van der Waals surface area contributed by atoms with Crippen molar-refractivity contribution in [1.82, 2.24) is 24.4 Å². The van der Waals surface area contributed by atoms with E-state index in [9.17, 15) is 4.39 Å². The fraction of sp³-hybridized carbons (Fsp3) is 0.458. The third-order valence-electron chi connectivity index (χ3n) is 5.90. The highest BCUT2D eigenvalue weighted by atomic mass is 35.5. The summed E-state index contributed by atoms with van der Waals surface area (Å²) in [5.41, 5.74) is 3.25. The van der Waals surface area contributed by atoms with Crippen LogP contribution < -0.4 is 4.74 Å². The van der Waals surface area contributed by atoms with Crippen molar-refractivity contribution in [2.45, 2.75) is 37.8 Å². The lowest BCUT2D eigenvalue weighted by atomic mass is 9.92. The van der Waals surface area contributed by atoms with Gasteiger partial charge in [-0.3, -0.25) is 0 Å². The molecule has 0 spiro atoms. The van der Waals surface area contributed by atoms with Crippen LogP contribution in [-0.4, -0.2) is 64.9 Å². The van der Waals surface area contributed by atoms with Gasteiger partial charge in [0, 0.05) is 24.3 Å². The summed E-state index contributed by atoms with van der Waals surface area (Å²) < 4.78 is 27.0. The molecule has 1 fully saturated rings. The van der Waals surface area contributed by atoms with Gasteiger partial charge >= 0.3 is 6.01 Å². The first-order chi connectivity index (χ1) is 15.5. The number of benzene rings is 1. The summed E-state index contributed by atoms with van der Waals surface area (Å²) in [5.74, 6) is -0.272. The first kappa shape index (κ1) is 25.1. The molecule has 0 atom stereocenters. The molecule has 33 heavy (non-hydrogen) atoms. The van der Waals surface area contributed by atoms with E-state index in [2.05, 4.69) is 33.5 Å². The highest BCUT2D eigenvalue weighted by Gasteiger charge is 2.27. The van der Waals surface area contributed by atoms with E-state index >= 15 is 0 Å². The van der Waals surface area contributed by atoms with Crippen LogP contribution in [0.4, 0.5) is 4.39 Å². The van der Waals surface area contributed by atoms with Gasteiger partial charge in [-0.2, -0.15) is 4.98 Å². The van der Waals surface area contributed by atoms with E-state index < -0.39 is 0 Å². The molecule has 1 aliphatic carbocycles. The van der Waals surface area contributed by atoms with E-state index in [0.29, 0.717) is 18.2 Å². The van der Waals surface area contributed by atoms with Crippen molar-refractivity contribution in [3.63, 3.8) is 0 Å². The Kier molecular flexibility index (Phi) is 8.77. The second-order valence-corrected chi connectivity index (χ2v) is 8.39. The Morgan fingerprint density at radius 2 is 1.79 bits per heavy atom. The largest absolute Gasteiger partial charge is 0.467 e. The van der Waals surface area contributed by atoms with Crippen LogP contribution in [0.2, 0.25) is 0 Å². The molecule has 7 nitrogen and oxygen atoms in total. The molecule has 0 bridgehead atoms. The first-order valence-electron chi connectivity index (χ1n) is 11.0. The molecule has 0 radical (unpaired) electrons. The summed E-state index contributed by atoms with van der Waals surface area (Å²) in [7, 11) is 5.66. The number of hydrogen-bond acceptors (Lipinski definition) is 6. The number of methoxy groups -OCH3 is 1. The van der Waals surface area contributed by atoms with Crippen LogP contribution in [-0.2, 0) is 4.74 Å². The molecule has 0 aliphatic heterocycles. The zero-order valence-corrected chi connectivity index (χ0v) is 20.1. The highest BCUT2D eigenvalue weighted by molar-refractivity contribution is 5.85.